The number of carbonyl (C=O) groups excluding carboxylic acids is 2. The van der Waals surface area contributed by atoms with Crippen LogP contribution in [0.1, 0.15) is 36.0 Å². The van der Waals surface area contributed by atoms with Gasteiger partial charge in [-0.2, -0.15) is 9.78 Å². The monoisotopic (exact) mass is 499 g/mol. The van der Waals surface area contributed by atoms with Gasteiger partial charge in [-0.25, -0.2) is 4.79 Å². The van der Waals surface area contributed by atoms with Crippen LogP contribution in [0.5, 0.6) is 0 Å². The van der Waals surface area contributed by atoms with Crippen LogP contribution in [-0.2, 0) is 22.4 Å². The SMILES string of the molecule is CN1C(=O)[C@@H](NC(=O)n2cc(Cc3ccccc3)cn2)CCc2ccc(N3CC4(CCOCC4)C3)cc21. The van der Waals surface area contributed by atoms with E-state index >= 15 is 0 Å². The van der Waals surface area contributed by atoms with E-state index in [4.69, 9.17) is 4.74 Å². The van der Waals surface area contributed by atoms with E-state index in [0.717, 1.165) is 73.6 Å². The molecular weight excluding hydrogens is 466 g/mol. The summed E-state index contributed by atoms with van der Waals surface area (Å²) in [7, 11) is 1.80. The van der Waals surface area contributed by atoms with Gasteiger partial charge >= 0.3 is 6.03 Å². The topological polar surface area (TPSA) is 79.7 Å². The Kier molecular flexibility index (Phi) is 6.20. The summed E-state index contributed by atoms with van der Waals surface area (Å²) in [6.45, 7) is 3.80. The maximum Gasteiger partial charge on any atom is 0.342 e. The molecule has 0 saturated carbocycles. The quantitative estimate of drug-likeness (QED) is 0.593. The molecule has 1 N–H and O–H groups in total. The number of rotatable bonds is 4. The number of benzene rings is 2. The Balaban J connectivity index is 1.11. The lowest BCUT2D eigenvalue weighted by Crippen LogP contribution is -2.58. The summed E-state index contributed by atoms with van der Waals surface area (Å²) < 4.78 is 6.84. The number of carbonyl (C=O) groups is 2. The van der Waals surface area contributed by atoms with Gasteiger partial charge < -0.3 is 19.9 Å². The van der Waals surface area contributed by atoms with Crippen LogP contribution >= 0.6 is 0 Å². The fourth-order valence-corrected chi connectivity index (χ4v) is 5.86. The van der Waals surface area contributed by atoms with Gasteiger partial charge in [0.15, 0.2) is 0 Å². The van der Waals surface area contributed by atoms with Crippen molar-refractivity contribution >= 4 is 23.3 Å². The van der Waals surface area contributed by atoms with Crippen molar-refractivity contribution in [3.8, 4) is 0 Å². The standard InChI is InChI=1S/C29H33N5O3/c1-32-26-16-24(33-19-29(20-33)11-13-37-14-12-29)9-7-23(26)8-10-25(27(32)35)31-28(36)34-18-22(17-30-34)15-21-5-3-2-4-6-21/h2-7,9,16-18,25H,8,10-15,19-20H2,1H3,(H,31,36)/t25-/m0/s1. The number of aryl methyl sites for hydroxylation is 1. The van der Waals surface area contributed by atoms with E-state index in [0.29, 0.717) is 18.3 Å². The van der Waals surface area contributed by atoms with Gasteiger partial charge in [-0.05, 0) is 54.5 Å². The normalized spacial score (nSPS) is 20.8. The van der Waals surface area contributed by atoms with E-state index in [1.165, 1.54) is 4.68 Å². The second-order valence-corrected chi connectivity index (χ2v) is 10.7. The van der Waals surface area contributed by atoms with Crippen LogP contribution in [0.4, 0.5) is 16.2 Å². The number of hydrogen-bond donors (Lipinski definition) is 1. The highest BCUT2D eigenvalue weighted by atomic mass is 16.5. The van der Waals surface area contributed by atoms with Crippen molar-refractivity contribution in [1.29, 1.82) is 0 Å². The van der Waals surface area contributed by atoms with E-state index in [2.05, 4.69) is 33.5 Å². The molecule has 1 aromatic heterocycles. The molecule has 4 heterocycles. The van der Waals surface area contributed by atoms with Gasteiger partial charge in [-0.1, -0.05) is 36.4 Å². The van der Waals surface area contributed by atoms with Gasteiger partial charge in [0.2, 0.25) is 5.91 Å². The van der Waals surface area contributed by atoms with Gasteiger partial charge in [-0.3, -0.25) is 4.79 Å². The van der Waals surface area contributed by atoms with Crippen molar-refractivity contribution < 1.29 is 14.3 Å². The van der Waals surface area contributed by atoms with Crippen LogP contribution < -0.4 is 15.1 Å². The minimum atomic E-state index is -0.607. The number of amides is 2. The largest absolute Gasteiger partial charge is 0.381 e. The smallest absolute Gasteiger partial charge is 0.342 e. The Morgan fingerprint density at radius 3 is 2.68 bits per heavy atom. The first-order valence-electron chi connectivity index (χ1n) is 13.1. The molecule has 0 aliphatic carbocycles. The van der Waals surface area contributed by atoms with Crippen molar-refractivity contribution in [2.75, 3.05) is 43.2 Å². The van der Waals surface area contributed by atoms with Crippen molar-refractivity contribution in [3.63, 3.8) is 0 Å². The molecule has 1 spiro atoms. The van der Waals surface area contributed by atoms with Gasteiger partial charge in [0.1, 0.15) is 6.04 Å². The van der Waals surface area contributed by atoms with Crippen LogP contribution in [0.25, 0.3) is 0 Å². The predicted octanol–water partition coefficient (Wildman–Crippen LogP) is 3.63. The summed E-state index contributed by atoms with van der Waals surface area (Å²) in [5.74, 6) is -0.106. The van der Waals surface area contributed by atoms with Crippen molar-refractivity contribution in [1.82, 2.24) is 15.1 Å². The summed E-state index contributed by atoms with van der Waals surface area (Å²) in [5, 5.41) is 7.15. The third-order valence-electron chi connectivity index (χ3n) is 8.13. The number of aromatic nitrogens is 2. The Morgan fingerprint density at radius 1 is 1.11 bits per heavy atom. The zero-order valence-corrected chi connectivity index (χ0v) is 21.2. The molecule has 2 fully saturated rings. The van der Waals surface area contributed by atoms with Gasteiger partial charge in [0.25, 0.3) is 0 Å². The molecule has 3 aliphatic rings. The maximum absolute atomic E-state index is 13.4. The molecule has 8 nitrogen and oxygen atoms in total. The molecule has 1 atom stereocenters. The highest BCUT2D eigenvalue weighted by Crippen LogP contribution is 2.43. The molecule has 8 heteroatoms. The number of hydrogen-bond acceptors (Lipinski definition) is 5. The Hall–Kier alpha value is -3.65. The fourth-order valence-electron chi connectivity index (χ4n) is 5.86. The summed E-state index contributed by atoms with van der Waals surface area (Å²) in [5.41, 5.74) is 5.69. The first-order chi connectivity index (χ1) is 18.0. The average Bonchev–Trinajstić information content (AvgIpc) is 3.34. The number of likely N-dealkylation sites (N-methyl/N-ethyl adjacent to an activating group) is 1. The molecule has 6 rings (SSSR count). The van der Waals surface area contributed by atoms with E-state index in [1.807, 2.05) is 30.3 Å². The van der Waals surface area contributed by atoms with Crippen LogP contribution in [0.3, 0.4) is 0 Å². The average molecular weight is 500 g/mol. The van der Waals surface area contributed by atoms with E-state index in [1.54, 1.807) is 24.3 Å². The molecule has 192 valence electrons. The minimum Gasteiger partial charge on any atom is -0.381 e. The highest BCUT2D eigenvalue weighted by Gasteiger charge is 2.44. The fraction of sp³-hybridized carbons (Fsp3) is 0.414. The number of fused-ring (bicyclic) bond motifs is 1. The lowest BCUT2D eigenvalue weighted by Gasteiger charge is -2.53. The summed E-state index contributed by atoms with van der Waals surface area (Å²) >= 11 is 0. The van der Waals surface area contributed by atoms with Gasteiger partial charge in [0.05, 0.1) is 6.20 Å². The van der Waals surface area contributed by atoms with Gasteiger partial charge in [0, 0.05) is 62.8 Å². The second kappa shape index (κ2) is 9.67. The van der Waals surface area contributed by atoms with Crippen LogP contribution in [0.2, 0.25) is 0 Å². The summed E-state index contributed by atoms with van der Waals surface area (Å²) in [6, 6.07) is 15.5. The van der Waals surface area contributed by atoms with Crippen LogP contribution in [-0.4, -0.2) is 61.1 Å². The van der Waals surface area contributed by atoms with Crippen LogP contribution in [0, 0.1) is 5.41 Å². The first-order valence-corrected chi connectivity index (χ1v) is 13.1. The van der Waals surface area contributed by atoms with Crippen molar-refractivity contribution in [3.05, 3.63) is 77.6 Å². The zero-order valence-electron chi connectivity index (χ0n) is 21.2. The minimum absolute atomic E-state index is 0.106. The van der Waals surface area contributed by atoms with Crippen molar-refractivity contribution in [2.24, 2.45) is 5.41 Å². The molecule has 2 aromatic carbocycles. The number of nitrogens with zero attached hydrogens (tertiary/aromatic N) is 4. The van der Waals surface area contributed by atoms with E-state index < -0.39 is 6.04 Å². The highest BCUT2D eigenvalue weighted by molar-refractivity contribution is 6.00. The van der Waals surface area contributed by atoms with E-state index in [-0.39, 0.29) is 11.9 Å². The van der Waals surface area contributed by atoms with E-state index in [9.17, 15) is 9.59 Å². The summed E-state index contributed by atoms with van der Waals surface area (Å²) in [6.07, 6.45) is 7.64. The third kappa shape index (κ3) is 4.73. The Labute approximate surface area is 217 Å². The Morgan fingerprint density at radius 2 is 1.89 bits per heavy atom. The molecule has 0 radical (unpaired) electrons. The molecule has 37 heavy (non-hydrogen) atoms. The van der Waals surface area contributed by atoms with Gasteiger partial charge in [-0.15, -0.1) is 0 Å². The summed E-state index contributed by atoms with van der Waals surface area (Å²) in [4.78, 5) is 30.4. The third-order valence-corrected chi connectivity index (χ3v) is 8.13. The molecule has 2 amide bonds. The Bertz CT molecular complexity index is 1290. The number of nitrogens with one attached hydrogen (secondary N) is 1. The molecular formula is C29H33N5O3. The second-order valence-electron chi connectivity index (χ2n) is 10.7. The first kappa shape index (κ1) is 23.7. The lowest BCUT2D eigenvalue weighted by molar-refractivity contribution is -0.120. The lowest BCUT2D eigenvalue weighted by atomic mass is 9.73. The molecule has 3 aromatic rings. The maximum atomic E-state index is 13.4. The molecule has 0 bridgehead atoms. The molecule has 2 saturated heterocycles. The van der Waals surface area contributed by atoms with Crippen molar-refractivity contribution in [2.45, 2.75) is 38.1 Å². The predicted molar refractivity (Wildman–Crippen MR) is 142 cm³/mol. The molecule has 0 unspecified atom stereocenters. The number of ether oxygens (including phenoxy) is 1. The zero-order chi connectivity index (χ0) is 25.4. The molecule has 3 aliphatic heterocycles. The number of anilines is 2. The van der Waals surface area contributed by atoms with Crippen LogP contribution in [0.15, 0.2) is 60.9 Å².